The standard InChI is InChI=1S/C24H48O7/c1-4-5-6-7-8-9-10-11-12-13-14-30-21-24(2,23(25)26)22-31-20-19-29-18-17-28-16-15-27-3/h4-22H2,1-3H3,(H,25,26). The van der Waals surface area contributed by atoms with Crippen LogP contribution >= 0.6 is 0 Å². The molecular weight excluding hydrogens is 400 g/mol. The lowest BCUT2D eigenvalue weighted by Gasteiger charge is -2.24. The van der Waals surface area contributed by atoms with Crippen LogP contribution in [0.4, 0.5) is 0 Å². The molecule has 186 valence electrons. The summed E-state index contributed by atoms with van der Waals surface area (Å²) >= 11 is 0. The van der Waals surface area contributed by atoms with Gasteiger partial charge in [0.25, 0.3) is 0 Å². The Bertz CT molecular complexity index is 392. The van der Waals surface area contributed by atoms with Gasteiger partial charge in [0, 0.05) is 13.7 Å². The van der Waals surface area contributed by atoms with Crippen LogP contribution in [0.1, 0.15) is 78.1 Å². The highest BCUT2D eigenvalue weighted by molar-refractivity contribution is 5.74. The quantitative estimate of drug-likeness (QED) is 0.202. The number of rotatable bonds is 25. The van der Waals surface area contributed by atoms with Crippen LogP contribution in [0.3, 0.4) is 0 Å². The number of carboxylic acids is 1. The molecule has 0 saturated carbocycles. The Morgan fingerprint density at radius 1 is 0.645 bits per heavy atom. The van der Waals surface area contributed by atoms with Crippen molar-refractivity contribution in [2.75, 3.05) is 66.6 Å². The Hall–Kier alpha value is -0.730. The molecule has 0 aromatic rings. The third-order valence-electron chi connectivity index (χ3n) is 5.18. The molecular formula is C24H48O7. The van der Waals surface area contributed by atoms with Gasteiger partial charge in [-0.05, 0) is 13.3 Å². The van der Waals surface area contributed by atoms with Crippen LogP contribution in [-0.2, 0) is 28.5 Å². The monoisotopic (exact) mass is 448 g/mol. The fourth-order valence-corrected chi connectivity index (χ4v) is 3.03. The Morgan fingerprint density at radius 2 is 1.06 bits per heavy atom. The van der Waals surface area contributed by atoms with Gasteiger partial charge in [-0.1, -0.05) is 64.7 Å². The number of unbranched alkanes of at least 4 members (excludes halogenated alkanes) is 9. The molecule has 0 amide bonds. The first kappa shape index (κ1) is 30.3. The van der Waals surface area contributed by atoms with Gasteiger partial charge in [0.2, 0.25) is 0 Å². The van der Waals surface area contributed by atoms with E-state index < -0.39 is 11.4 Å². The van der Waals surface area contributed by atoms with Gasteiger partial charge >= 0.3 is 5.97 Å². The van der Waals surface area contributed by atoms with Crippen LogP contribution in [0.2, 0.25) is 0 Å². The van der Waals surface area contributed by atoms with Crippen LogP contribution in [0.25, 0.3) is 0 Å². The second-order valence-electron chi connectivity index (χ2n) is 8.37. The predicted octanol–water partition coefficient (Wildman–Crippen LogP) is 4.71. The van der Waals surface area contributed by atoms with Gasteiger partial charge in [0.05, 0.1) is 52.9 Å². The van der Waals surface area contributed by atoms with Gasteiger partial charge in [0.1, 0.15) is 5.41 Å². The minimum atomic E-state index is -1.04. The zero-order chi connectivity index (χ0) is 23.0. The fraction of sp³-hybridized carbons (Fsp3) is 0.958. The second-order valence-corrected chi connectivity index (χ2v) is 8.37. The smallest absolute Gasteiger partial charge is 0.314 e. The highest BCUT2D eigenvalue weighted by atomic mass is 16.6. The largest absolute Gasteiger partial charge is 0.481 e. The van der Waals surface area contributed by atoms with E-state index in [1.54, 1.807) is 14.0 Å². The summed E-state index contributed by atoms with van der Waals surface area (Å²) in [6.07, 6.45) is 12.7. The maximum atomic E-state index is 11.6. The highest BCUT2D eigenvalue weighted by Crippen LogP contribution is 2.18. The number of hydrogen-bond donors (Lipinski definition) is 1. The van der Waals surface area contributed by atoms with Crippen LogP contribution in [0, 0.1) is 5.41 Å². The van der Waals surface area contributed by atoms with Crippen LogP contribution in [-0.4, -0.2) is 77.6 Å². The van der Waals surface area contributed by atoms with Crippen LogP contribution in [0.15, 0.2) is 0 Å². The molecule has 0 bridgehead atoms. The highest BCUT2D eigenvalue weighted by Gasteiger charge is 2.34. The van der Waals surface area contributed by atoms with Crippen molar-refractivity contribution >= 4 is 5.97 Å². The van der Waals surface area contributed by atoms with Crippen molar-refractivity contribution in [2.45, 2.75) is 78.1 Å². The van der Waals surface area contributed by atoms with E-state index in [2.05, 4.69) is 6.92 Å². The molecule has 0 aromatic heterocycles. The van der Waals surface area contributed by atoms with Gasteiger partial charge in [-0.3, -0.25) is 4.79 Å². The maximum absolute atomic E-state index is 11.6. The van der Waals surface area contributed by atoms with Crippen LogP contribution in [0.5, 0.6) is 0 Å². The molecule has 0 aliphatic heterocycles. The molecule has 1 atom stereocenters. The molecule has 0 saturated heterocycles. The first-order valence-electron chi connectivity index (χ1n) is 12.1. The zero-order valence-electron chi connectivity index (χ0n) is 20.3. The SMILES string of the molecule is CCCCCCCCCCCCOCC(C)(COCCOCCOCCOC)C(=O)O. The van der Waals surface area contributed by atoms with E-state index in [1.165, 1.54) is 51.4 Å². The molecule has 1 N–H and O–H groups in total. The topological polar surface area (TPSA) is 83.5 Å². The summed E-state index contributed by atoms with van der Waals surface area (Å²) in [4.78, 5) is 11.6. The van der Waals surface area contributed by atoms with Crippen molar-refractivity contribution in [1.29, 1.82) is 0 Å². The summed E-state index contributed by atoms with van der Waals surface area (Å²) in [5.41, 5.74) is -1.04. The van der Waals surface area contributed by atoms with E-state index in [-0.39, 0.29) is 13.2 Å². The molecule has 0 fully saturated rings. The van der Waals surface area contributed by atoms with Gasteiger partial charge in [-0.15, -0.1) is 0 Å². The van der Waals surface area contributed by atoms with Gasteiger partial charge < -0.3 is 28.8 Å². The van der Waals surface area contributed by atoms with Gasteiger partial charge in [-0.25, -0.2) is 0 Å². The van der Waals surface area contributed by atoms with Crippen molar-refractivity contribution in [3.8, 4) is 0 Å². The van der Waals surface area contributed by atoms with Crippen LogP contribution < -0.4 is 0 Å². The minimum Gasteiger partial charge on any atom is -0.481 e. The number of carbonyl (C=O) groups is 1. The molecule has 0 rings (SSSR count). The lowest BCUT2D eigenvalue weighted by atomic mass is 9.93. The van der Waals surface area contributed by atoms with E-state index >= 15 is 0 Å². The van der Waals surface area contributed by atoms with E-state index in [0.29, 0.717) is 46.2 Å². The number of ether oxygens (including phenoxy) is 5. The molecule has 7 nitrogen and oxygen atoms in total. The zero-order valence-corrected chi connectivity index (χ0v) is 20.3. The van der Waals surface area contributed by atoms with E-state index in [9.17, 15) is 9.90 Å². The number of aliphatic carboxylic acids is 1. The lowest BCUT2D eigenvalue weighted by molar-refractivity contribution is -0.157. The van der Waals surface area contributed by atoms with Crippen molar-refractivity contribution in [3.05, 3.63) is 0 Å². The number of hydrogen-bond acceptors (Lipinski definition) is 6. The lowest BCUT2D eigenvalue weighted by Crippen LogP contribution is -2.38. The Kier molecular flexibility index (Phi) is 21.9. The third-order valence-corrected chi connectivity index (χ3v) is 5.18. The Balaban J connectivity index is 3.62. The molecule has 0 spiro atoms. The van der Waals surface area contributed by atoms with Crippen molar-refractivity contribution < 1.29 is 33.6 Å². The van der Waals surface area contributed by atoms with E-state index in [1.807, 2.05) is 0 Å². The van der Waals surface area contributed by atoms with Gasteiger partial charge in [-0.2, -0.15) is 0 Å². The summed E-state index contributed by atoms with van der Waals surface area (Å²) in [5.74, 6) is -0.900. The summed E-state index contributed by atoms with van der Waals surface area (Å²) in [5, 5.41) is 9.54. The molecule has 0 radical (unpaired) electrons. The third kappa shape index (κ3) is 19.7. The summed E-state index contributed by atoms with van der Waals surface area (Å²) < 4.78 is 26.7. The van der Waals surface area contributed by atoms with E-state index in [0.717, 1.165) is 12.8 Å². The normalized spacial score (nSPS) is 13.4. The minimum absolute atomic E-state index is 0.105. The van der Waals surface area contributed by atoms with Crippen molar-refractivity contribution in [3.63, 3.8) is 0 Å². The first-order chi connectivity index (χ1) is 15.1. The second kappa shape index (κ2) is 22.5. The summed E-state index contributed by atoms with van der Waals surface area (Å²) in [6, 6.07) is 0. The predicted molar refractivity (Wildman–Crippen MR) is 123 cm³/mol. The van der Waals surface area contributed by atoms with Gasteiger partial charge in [0.15, 0.2) is 0 Å². The van der Waals surface area contributed by atoms with Crippen molar-refractivity contribution in [2.24, 2.45) is 5.41 Å². The molecule has 0 heterocycles. The first-order valence-corrected chi connectivity index (χ1v) is 12.1. The molecule has 0 aromatic carbocycles. The number of methoxy groups -OCH3 is 1. The maximum Gasteiger partial charge on any atom is 0.314 e. The van der Waals surface area contributed by atoms with E-state index in [4.69, 9.17) is 23.7 Å². The molecule has 7 heteroatoms. The average molecular weight is 449 g/mol. The fourth-order valence-electron chi connectivity index (χ4n) is 3.03. The summed E-state index contributed by atoms with van der Waals surface area (Å²) in [7, 11) is 1.63. The summed E-state index contributed by atoms with van der Waals surface area (Å²) in [6.45, 7) is 7.63. The molecule has 31 heavy (non-hydrogen) atoms. The Morgan fingerprint density at radius 3 is 1.55 bits per heavy atom. The number of carboxylic acid groups (broad SMARTS) is 1. The van der Waals surface area contributed by atoms with Crippen molar-refractivity contribution in [1.82, 2.24) is 0 Å². The average Bonchev–Trinajstić information content (AvgIpc) is 2.75. The Labute approximate surface area is 190 Å². The molecule has 0 aliphatic rings. The molecule has 1 unspecified atom stereocenters. The molecule has 0 aliphatic carbocycles.